The fourth-order valence-corrected chi connectivity index (χ4v) is 1.91. The number of ether oxygens (including phenoxy) is 3. The average Bonchev–Trinajstić information content (AvgIpc) is 2.49. The Kier molecular flexibility index (Phi) is 7.89. The van der Waals surface area contributed by atoms with E-state index in [9.17, 15) is 9.90 Å². The third kappa shape index (κ3) is 6.66. The molecule has 1 atom stereocenters. The molecule has 0 fully saturated rings. The molecule has 0 saturated carbocycles. The summed E-state index contributed by atoms with van der Waals surface area (Å²) in [6.45, 7) is 4.90. The summed E-state index contributed by atoms with van der Waals surface area (Å²) in [6, 6.07) is 7.60. The topological polar surface area (TPSA) is 65.0 Å². The van der Waals surface area contributed by atoms with E-state index in [0.29, 0.717) is 5.57 Å². The second kappa shape index (κ2) is 9.44. The molecule has 5 nitrogen and oxygen atoms in total. The Labute approximate surface area is 128 Å². The lowest BCUT2D eigenvalue weighted by Crippen LogP contribution is -2.24. The Hall–Kier alpha value is -1.50. The van der Waals surface area contributed by atoms with E-state index in [2.05, 4.69) is 6.58 Å². The third-order valence-electron chi connectivity index (χ3n) is 2.43. The van der Waals surface area contributed by atoms with Gasteiger partial charge in [-0.15, -0.1) is 11.8 Å². The molecule has 0 saturated heterocycles. The number of thioether (sulfide) groups is 1. The second-order valence-corrected chi connectivity index (χ2v) is 5.16. The molecule has 0 aliphatic heterocycles. The first-order valence-electron chi connectivity index (χ1n) is 6.39. The number of carbonyl (C=O) groups excluding carboxylic acids is 1. The van der Waals surface area contributed by atoms with Crippen LogP contribution >= 0.6 is 11.8 Å². The van der Waals surface area contributed by atoms with Gasteiger partial charge in [0, 0.05) is 10.5 Å². The quantitative estimate of drug-likeness (QED) is 0.248. The molecule has 1 aromatic carbocycles. The molecule has 1 rings (SSSR count). The average molecular weight is 312 g/mol. The zero-order valence-corrected chi connectivity index (χ0v) is 13.0. The van der Waals surface area contributed by atoms with Crippen molar-refractivity contribution in [1.82, 2.24) is 0 Å². The van der Waals surface area contributed by atoms with Crippen LogP contribution in [0.5, 0.6) is 5.75 Å². The van der Waals surface area contributed by atoms with Gasteiger partial charge in [0.1, 0.15) is 18.5 Å². The summed E-state index contributed by atoms with van der Waals surface area (Å²) in [7, 11) is 0. The SMILES string of the molecule is C=C(C)C(=O)OCC(O)COCOc1ccccc1SC. The van der Waals surface area contributed by atoms with Gasteiger partial charge in [0.2, 0.25) is 0 Å². The Morgan fingerprint density at radius 3 is 2.76 bits per heavy atom. The summed E-state index contributed by atoms with van der Waals surface area (Å²) < 4.78 is 15.5. The first kappa shape index (κ1) is 17.6. The lowest BCUT2D eigenvalue weighted by molar-refractivity contribution is -0.143. The number of aliphatic hydroxyl groups excluding tert-OH is 1. The lowest BCUT2D eigenvalue weighted by atomic mass is 10.3. The normalized spacial score (nSPS) is 11.8. The minimum absolute atomic E-state index is 0.0169. The highest BCUT2D eigenvalue weighted by Crippen LogP contribution is 2.26. The third-order valence-corrected chi connectivity index (χ3v) is 3.21. The number of rotatable bonds is 9. The number of carbonyl (C=O) groups is 1. The van der Waals surface area contributed by atoms with Gasteiger partial charge < -0.3 is 19.3 Å². The summed E-state index contributed by atoms with van der Waals surface area (Å²) in [6.07, 6.45) is 1.07. The van der Waals surface area contributed by atoms with Crippen LogP contribution in [0.25, 0.3) is 0 Å². The Bertz CT molecular complexity index is 475. The van der Waals surface area contributed by atoms with E-state index in [1.165, 1.54) is 0 Å². The summed E-state index contributed by atoms with van der Waals surface area (Å²) in [5.74, 6) is 0.201. The van der Waals surface area contributed by atoms with Crippen molar-refractivity contribution in [1.29, 1.82) is 0 Å². The van der Waals surface area contributed by atoms with Crippen LogP contribution in [-0.4, -0.2) is 43.4 Å². The van der Waals surface area contributed by atoms with Gasteiger partial charge >= 0.3 is 5.97 Å². The number of esters is 1. The molecular formula is C15H20O5S. The first-order chi connectivity index (χ1) is 10.0. The summed E-state index contributed by atoms with van der Waals surface area (Å²) >= 11 is 1.58. The number of benzene rings is 1. The molecule has 0 aromatic heterocycles. The van der Waals surface area contributed by atoms with Crippen molar-refractivity contribution in [2.45, 2.75) is 17.9 Å². The fourth-order valence-electron chi connectivity index (χ4n) is 1.37. The van der Waals surface area contributed by atoms with Gasteiger partial charge in [-0.3, -0.25) is 0 Å². The van der Waals surface area contributed by atoms with Crippen molar-refractivity contribution < 1.29 is 24.1 Å². The van der Waals surface area contributed by atoms with Gasteiger partial charge in [-0.1, -0.05) is 18.7 Å². The molecule has 0 bridgehead atoms. The molecular weight excluding hydrogens is 292 g/mol. The van der Waals surface area contributed by atoms with Gasteiger partial charge in [0.05, 0.1) is 6.61 Å². The maximum absolute atomic E-state index is 11.1. The van der Waals surface area contributed by atoms with Crippen LogP contribution in [0.2, 0.25) is 0 Å². The Balaban J connectivity index is 2.21. The van der Waals surface area contributed by atoms with E-state index in [1.54, 1.807) is 18.7 Å². The zero-order chi connectivity index (χ0) is 15.7. The van der Waals surface area contributed by atoms with Gasteiger partial charge in [-0.25, -0.2) is 4.79 Å². The molecule has 1 aromatic rings. The number of para-hydroxylation sites is 1. The molecule has 1 N–H and O–H groups in total. The van der Waals surface area contributed by atoms with E-state index in [4.69, 9.17) is 14.2 Å². The van der Waals surface area contributed by atoms with E-state index in [-0.39, 0.29) is 20.0 Å². The monoisotopic (exact) mass is 312 g/mol. The van der Waals surface area contributed by atoms with Crippen LogP contribution in [-0.2, 0) is 14.3 Å². The van der Waals surface area contributed by atoms with Crippen molar-refractivity contribution in [3.63, 3.8) is 0 Å². The van der Waals surface area contributed by atoms with Crippen molar-refractivity contribution in [2.75, 3.05) is 26.3 Å². The number of hydrogen-bond donors (Lipinski definition) is 1. The molecule has 21 heavy (non-hydrogen) atoms. The molecule has 0 aliphatic carbocycles. The number of hydrogen-bond acceptors (Lipinski definition) is 6. The van der Waals surface area contributed by atoms with Gasteiger partial charge in [0.15, 0.2) is 6.79 Å². The molecule has 6 heteroatoms. The van der Waals surface area contributed by atoms with Crippen molar-refractivity contribution >= 4 is 17.7 Å². The fraction of sp³-hybridized carbons (Fsp3) is 0.400. The predicted molar refractivity (Wildman–Crippen MR) is 81.4 cm³/mol. The summed E-state index contributed by atoms with van der Waals surface area (Å²) in [4.78, 5) is 12.1. The first-order valence-corrected chi connectivity index (χ1v) is 7.61. The Morgan fingerprint density at radius 2 is 2.10 bits per heavy atom. The standard InChI is InChI=1S/C15H20O5S/c1-11(2)15(17)19-9-12(16)8-18-10-20-13-6-4-5-7-14(13)21-3/h4-7,12,16H,1,8-10H2,2-3H3. The van der Waals surface area contributed by atoms with Crippen molar-refractivity contribution in [2.24, 2.45) is 0 Å². The summed E-state index contributed by atoms with van der Waals surface area (Å²) in [5, 5.41) is 9.59. The van der Waals surface area contributed by atoms with Crippen LogP contribution in [0.3, 0.4) is 0 Å². The smallest absolute Gasteiger partial charge is 0.333 e. The van der Waals surface area contributed by atoms with Crippen molar-refractivity contribution in [3.05, 3.63) is 36.4 Å². The van der Waals surface area contributed by atoms with Crippen molar-refractivity contribution in [3.8, 4) is 5.75 Å². The molecule has 116 valence electrons. The molecule has 0 heterocycles. The van der Waals surface area contributed by atoms with E-state index < -0.39 is 12.1 Å². The maximum atomic E-state index is 11.1. The van der Waals surface area contributed by atoms with Crippen LogP contribution in [0.1, 0.15) is 6.92 Å². The second-order valence-electron chi connectivity index (χ2n) is 4.32. The highest BCUT2D eigenvalue weighted by atomic mass is 32.2. The molecule has 0 radical (unpaired) electrons. The highest BCUT2D eigenvalue weighted by Gasteiger charge is 2.10. The lowest BCUT2D eigenvalue weighted by Gasteiger charge is -2.13. The van der Waals surface area contributed by atoms with Crippen LogP contribution in [0, 0.1) is 0 Å². The van der Waals surface area contributed by atoms with Gasteiger partial charge in [-0.05, 0) is 25.3 Å². The van der Waals surface area contributed by atoms with E-state index in [0.717, 1.165) is 10.6 Å². The van der Waals surface area contributed by atoms with Gasteiger partial charge in [-0.2, -0.15) is 0 Å². The minimum atomic E-state index is -0.896. The minimum Gasteiger partial charge on any atom is -0.466 e. The molecule has 0 amide bonds. The van der Waals surface area contributed by atoms with Crippen LogP contribution in [0.4, 0.5) is 0 Å². The van der Waals surface area contributed by atoms with Crippen LogP contribution in [0.15, 0.2) is 41.3 Å². The maximum Gasteiger partial charge on any atom is 0.333 e. The van der Waals surface area contributed by atoms with E-state index >= 15 is 0 Å². The zero-order valence-electron chi connectivity index (χ0n) is 12.2. The molecule has 1 unspecified atom stereocenters. The molecule has 0 spiro atoms. The summed E-state index contributed by atoms with van der Waals surface area (Å²) in [5.41, 5.74) is 0.292. The highest BCUT2D eigenvalue weighted by molar-refractivity contribution is 7.98. The largest absolute Gasteiger partial charge is 0.466 e. The number of aliphatic hydroxyl groups is 1. The molecule has 0 aliphatic rings. The van der Waals surface area contributed by atoms with Gasteiger partial charge in [0.25, 0.3) is 0 Å². The Morgan fingerprint density at radius 1 is 1.38 bits per heavy atom. The van der Waals surface area contributed by atoms with Crippen LogP contribution < -0.4 is 4.74 Å². The predicted octanol–water partition coefficient (Wildman–Crippen LogP) is 2.24. The van der Waals surface area contributed by atoms with E-state index in [1.807, 2.05) is 30.5 Å².